The lowest BCUT2D eigenvalue weighted by atomic mass is 10.1. The van der Waals surface area contributed by atoms with Crippen LogP contribution in [-0.4, -0.2) is 33.2 Å². The van der Waals surface area contributed by atoms with E-state index < -0.39 is 18.0 Å². The summed E-state index contributed by atoms with van der Waals surface area (Å²) in [7, 11) is 0. The second-order valence-corrected chi connectivity index (χ2v) is 4.65. The third kappa shape index (κ3) is 5.27. The number of carboxylic acid groups (broad SMARTS) is 2. The molecule has 0 amide bonds. The Bertz CT molecular complexity index is 606. The number of aliphatic carboxylic acids is 2. The molecule has 1 aromatic carbocycles. The summed E-state index contributed by atoms with van der Waals surface area (Å²) < 4.78 is 0. The number of fused-ring (bicyclic) bond motifs is 1. The molecular formula is C15H20N2O4. The minimum absolute atomic E-state index is 0.292. The molecule has 0 saturated heterocycles. The number of nitrogens with two attached hydrogens (primary N) is 1. The molecule has 21 heavy (non-hydrogen) atoms. The molecule has 0 unspecified atom stereocenters. The molecule has 5 N–H and O–H groups in total. The first kappa shape index (κ1) is 16.7. The monoisotopic (exact) mass is 292 g/mol. The van der Waals surface area contributed by atoms with Crippen molar-refractivity contribution < 1.29 is 19.8 Å². The fourth-order valence-electron chi connectivity index (χ4n) is 1.84. The van der Waals surface area contributed by atoms with Gasteiger partial charge in [-0.05, 0) is 18.1 Å². The highest BCUT2D eigenvalue weighted by Crippen LogP contribution is 2.18. The van der Waals surface area contributed by atoms with Crippen LogP contribution in [0.2, 0.25) is 0 Å². The predicted octanol–water partition coefficient (Wildman–Crippen LogP) is 1.99. The van der Waals surface area contributed by atoms with Crippen molar-refractivity contribution in [3.05, 3.63) is 36.0 Å². The molecule has 6 heteroatoms. The lowest BCUT2D eigenvalue weighted by Gasteiger charge is -2.04. The summed E-state index contributed by atoms with van der Waals surface area (Å²) in [5, 5.41) is 17.7. The van der Waals surface area contributed by atoms with Crippen molar-refractivity contribution in [2.75, 3.05) is 0 Å². The Hall–Kier alpha value is -2.34. The molecule has 0 aliphatic rings. The fraction of sp³-hybridized carbons (Fsp3) is 0.333. The first-order valence-electron chi connectivity index (χ1n) is 6.70. The van der Waals surface area contributed by atoms with Crippen LogP contribution in [0.25, 0.3) is 10.9 Å². The summed E-state index contributed by atoms with van der Waals surface area (Å²) in [6.07, 6.45) is 3.18. The lowest BCUT2D eigenvalue weighted by molar-refractivity contribution is -0.139. The number of hydrogen-bond acceptors (Lipinski definition) is 3. The Morgan fingerprint density at radius 1 is 1.29 bits per heavy atom. The maximum absolute atomic E-state index is 10.6. The van der Waals surface area contributed by atoms with Gasteiger partial charge in [0, 0.05) is 29.9 Å². The lowest BCUT2D eigenvalue weighted by Crippen LogP contribution is -2.32. The van der Waals surface area contributed by atoms with Gasteiger partial charge in [0.05, 0.1) is 0 Å². The molecule has 2 aromatic rings. The Labute approximate surface area is 122 Å². The van der Waals surface area contributed by atoms with Crippen LogP contribution >= 0.6 is 0 Å². The average molecular weight is 292 g/mol. The summed E-state index contributed by atoms with van der Waals surface area (Å²) >= 11 is 0. The number of benzene rings is 1. The van der Waals surface area contributed by atoms with Gasteiger partial charge in [0.1, 0.15) is 6.04 Å². The first-order valence-corrected chi connectivity index (χ1v) is 6.70. The van der Waals surface area contributed by atoms with Gasteiger partial charge >= 0.3 is 11.9 Å². The number of nitrogens with one attached hydrogen (secondary N) is 1. The number of aromatic amines is 1. The van der Waals surface area contributed by atoms with Gasteiger partial charge in [0.25, 0.3) is 0 Å². The van der Waals surface area contributed by atoms with E-state index in [1.807, 2.05) is 37.4 Å². The zero-order chi connectivity index (χ0) is 15.8. The smallest absolute Gasteiger partial charge is 0.320 e. The Morgan fingerprint density at radius 3 is 2.48 bits per heavy atom. The highest BCUT2D eigenvalue weighted by atomic mass is 16.4. The second-order valence-electron chi connectivity index (χ2n) is 4.65. The van der Waals surface area contributed by atoms with Crippen LogP contribution in [-0.2, 0) is 16.0 Å². The quantitative estimate of drug-likeness (QED) is 0.672. The topological polar surface area (TPSA) is 116 Å². The van der Waals surface area contributed by atoms with Crippen molar-refractivity contribution in [1.29, 1.82) is 0 Å². The molecule has 0 spiro atoms. The molecule has 0 fully saturated rings. The van der Waals surface area contributed by atoms with Crippen LogP contribution < -0.4 is 5.73 Å². The molecule has 1 aromatic heterocycles. The maximum atomic E-state index is 10.6. The molecule has 0 radical (unpaired) electrons. The number of hydrogen-bond donors (Lipinski definition) is 4. The molecule has 0 aliphatic carbocycles. The average Bonchev–Trinajstić information content (AvgIpc) is 2.83. The van der Waals surface area contributed by atoms with E-state index in [1.165, 1.54) is 0 Å². The molecule has 0 aliphatic heterocycles. The fourth-order valence-corrected chi connectivity index (χ4v) is 1.84. The van der Waals surface area contributed by atoms with Gasteiger partial charge in [-0.15, -0.1) is 0 Å². The molecule has 2 rings (SSSR count). The highest BCUT2D eigenvalue weighted by molar-refractivity contribution is 5.84. The van der Waals surface area contributed by atoms with E-state index in [-0.39, 0.29) is 0 Å². The number of para-hydroxylation sites is 1. The van der Waals surface area contributed by atoms with Crippen molar-refractivity contribution in [3.63, 3.8) is 0 Å². The van der Waals surface area contributed by atoms with E-state index in [4.69, 9.17) is 15.9 Å². The van der Waals surface area contributed by atoms with E-state index >= 15 is 0 Å². The zero-order valence-corrected chi connectivity index (χ0v) is 11.9. The number of carboxylic acids is 2. The van der Waals surface area contributed by atoms with E-state index in [0.29, 0.717) is 12.8 Å². The third-order valence-electron chi connectivity index (χ3n) is 2.90. The van der Waals surface area contributed by atoms with Gasteiger partial charge in [-0.25, -0.2) is 0 Å². The minimum atomic E-state index is -0.972. The predicted molar refractivity (Wildman–Crippen MR) is 80.2 cm³/mol. The number of rotatable bonds is 5. The SMILES string of the molecule is CCCC(=O)O.N[C@@H](Cc1c[nH]c2ccccc12)C(=O)O. The summed E-state index contributed by atoms with van der Waals surface area (Å²) in [6.45, 7) is 1.84. The minimum Gasteiger partial charge on any atom is -0.481 e. The van der Waals surface area contributed by atoms with Crippen LogP contribution in [0.1, 0.15) is 25.3 Å². The van der Waals surface area contributed by atoms with Crippen LogP contribution in [0.4, 0.5) is 0 Å². The molecular weight excluding hydrogens is 272 g/mol. The maximum Gasteiger partial charge on any atom is 0.320 e. The van der Waals surface area contributed by atoms with Crippen molar-refractivity contribution >= 4 is 22.8 Å². The summed E-state index contributed by atoms with van der Waals surface area (Å²) in [5.74, 6) is -1.68. The van der Waals surface area contributed by atoms with E-state index in [2.05, 4.69) is 4.98 Å². The molecule has 1 atom stereocenters. The molecule has 0 bridgehead atoms. The van der Waals surface area contributed by atoms with Gasteiger partial charge < -0.3 is 20.9 Å². The highest BCUT2D eigenvalue weighted by Gasteiger charge is 2.14. The van der Waals surface area contributed by atoms with Crippen LogP contribution in [0, 0.1) is 0 Å². The Kier molecular flexibility index (Phi) is 6.42. The van der Waals surface area contributed by atoms with Gasteiger partial charge in [-0.1, -0.05) is 25.1 Å². The first-order chi connectivity index (χ1) is 9.95. The van der Waals surface area contributed by atoms with Crippen molar-refractivity contribution in [2.24, 2.45) is 5.73 Å². The van der Waals surface area contributed by atoms with Crippen molar-refractivity contribution in [2.45, 2.75) is 32.2 Å². The van der Waals surface area contributed by atoms with Crippen LogP contribution in [0.3, 0.4) is 0 Å². The largest absolute Gasteiger partial charge is 0.481 e. The van der Waals surface area contributed by atoms with Crippen LogP contribution in [0.15, 0.2) is 30.5 Å². The van der Waals surface area contributed by atoms with E-state index in [9.17, 15) is 9.59 Å². The third-order valence-corrected chi connectivity index (χ3v) is 2.90. The van der Waals surface area contributed by atoms with Crippen molar-refractivity contribution in [1.82, 2.24) is 4.98 Å². The Morgan fingerprint density at radius 2 is 1.95 bits per heavy atom. The molecule has 114 valence electrons. The van der Waals surface area contributed by atoms with Gasteiger partial charge in [0.15, 0.2) is 0 Å². The number of carbonyl (C=O) groups is 2. The normalized spacial score (nSPS) is 11.5. The molecule has 6 nitrogen and oxygen atoms in total. The zero-order valence-electron chi connectivity index (χ0n) is 11.9. The summed E-state index contributed by atoms with van der Waals surface area (Å²) in [6, 6.07) is 6.91. The molecule has 1 heterocycles. The Balaban J connectivity index is 0.000000315. The van der Waals surface area contributed by atoms with E-state index in [0.717, 1.165) is 22.9 Å². The second kappa shape index (κ2) is 8.06. The molecule has 0 saturated carbocycles. The van der Waals surface area contributed by atoms with Gasteiger partial charge in [0.2, 0.25) is 0 Å². The summed E-state index contributed by atoms with van der Waals surface area (Å²) in [4.78, 5) is 23.3. The van der Waals surface area contributed by atoms with Crippen molar-refractivity contribution in [3.8, 4) is 0 Å². The summed E-state index contributed by atoms with van der Waals surface area (Å²) in [5.41, 5.74) is 7.43. The number of aromatic nitrogens is 1. The van der Waals surface area contributed by atoms with E-state index in [1.54, 1.807) is 0 Å². The number of H-pyrrole nitrogens is 1. The van der Waals surface area contributed by atoms with Gasteiger partial charge in [-0.2, -0.15) is 0 Å². The van der Waals surface area contributed by atoms with Crippen LogP contribution in [0.5, 0.6) is 0 Å². The van der Waals surface area contributed by atoms with Gasteiger partial charge in [-0.3, -0.25) is 9.59 Å². The standard InChI is InChI=1S/C11H12N2O2.C4H8O2/c12-9(11(14)15)5-7-6-13-10-4-2-1-3-8(7)10;1-2-3-4(5)6/h1-4,6,9,13H,5,12H2,(H,14,15);2-3H2,1H3,(H,5,6)/t9-;/m0./s1.